The van der Waals surface area contributed by atoms with Gasteiger partial charge in [0.1, 0.15) is 12.4 Å². The summed E-state index contributed by atoms with van der Waals surface area (Å²) >= 11 is 1.79. The second-order valence-corrected chi connectivity index (χ2v) is 6.85. The molecule has 2 aromatic carbocycles. The van der Waals surface area contributed by atoms with Crippen molar-refractivity contribution < 1.29 is 4.74 Å². The highest BCUT2D eigenvalue weighted by Gasteiger charge is 2.13. The Hall–Kier alpha value is -1.67. The minimum atomic E-state index is 0.704. The van der Waals surface area contributed by atoms with Gasteiger partial charge in [0.05, 0.1) is 0 Å². The zero-order valence-electron chi connectivity index (χ0n) is 13.3. The van der Waals surface area contributed by atoms with E-state index in [1.165, 1.54) is 33.6 Å². The summed E-state index contributed by atoms with van der Waals surface area (Å²) in [7, 11) is 0. The summed E-state index contributed by atoms with van der Waals surface area (Å²) in [5.41, 5.74) is 5.42. The number of fused-ring (bicyclic) bond motifs is 1. The number of ether oxygens (including phenoxy) is 1. The van der Waals surface area contributed by atoms with Crippen LogP contribution in [-0.4, -0.2) is 6.61 Å². The van der Waals surface area contributed by atoms with Crippen molar-refractivity contribution in [3.63, 3.8) is 0 Å². The van der Waals surface area contributed by atoms with Crippen molar-refractivity contribution in [2.75, 3.05) is 6.61 Å². The van der Waals surface area contributed by atoms with Crippen LogP contribution in [0, 0.1) is 13.8 Å². The summed E-state index contributed by atoms with van der Waals surface area (Å²) in [5, 5.41) is 2.27. The summed E-state index contributed by atoms with van der Waals surface area (Å²) in [6.07, 6.45) is 3.42. The van der Waals surface area contributed by atoms with Crippen LogP contribution >= 0.6 is 11.8 Å². The van der Waals surface area contributed by atoms with Gasteiger partial charge in [-0.25, -0.2) is 0 Å². The standard InChI is InChI=1S/C20H22OS/c1-15-11-16(2)19-10-6-7-17(13-21-20(19)12-15)14-22-18-8-4-3-5-9-18/h3-5,8-9,11-12,14H,6-7,10,13H2,1-2H3/b17-14+. The number of benzene rings is 2. The Bertz CT molecular complexity index is 674. The molecule has 114 valence electrons. The van der Waals surface area contributed by atoms with Gasteiger partial charge >= 0.3 is 0 Å². The molecule has 0 saturated heterocycles. The largest absolute Gasteiger partial charge is 0.489 e. The second kappa shape index (κ2) is 7.06. The summed E-state index contributed by atoms with van der Waals surface area (Å²) < 4.78 is 6.11. The zero-order chi connectivity index (χ0) is 15.4. The van der Waals surface area contributed by atoms with E-state index in [9.17, 15) is 0 Å². The molecule has 0 radical (unpaired) electrons. The molecule has 0 spiro atoms. The third-order valence-electron chi connectivity index (χ3n) is 4.02. The van der Waals surface area contributed by atoms with E-state index >= 15 is 0 Å². The summed E-state index contributed by atoms with van der Waals surface area (Å²) in [6.45, 7) is 5.03. The monoisotopic (exact) mass is 310 g/mol. The van der Waals surface area contributed by atoms with Crippen molar-refractivity contribution in [2.45, 2.75) is 38.0 Å². The van der Waals surface area contributed by atoms with Gasteiger partial charge in [0.15, 0.2) is 0 Å². The molecule has 1 heterocycles. The Morgan fingerprint density at radius 2 is 1.86 bits per heavy atom. The first-order valence-electron chi connectivity index (χ1n) is 7.85. The molecule has 0 aromatic heterocycles. The van der Waals surface area contributed by atoms with Crippen LogP contribution in [0.3, 0.4) is 0 Å². The van der Waals surface area contributed by atoms with Gasteiger partial charge in [-0.2, -0.15) is 0 Å². The van der Waals surface area contributed by atoms with E-state index in [0.29, 0.717) is 6.61 Å². The third kappa shape index (κ3) is 3.75. The fourth-order valence-corrected chi connectivity index (χ4v) is 3.69. The summed E-state index contributed by atoms with van der Waals surface area (Å²) in [5.74, 6) is 1.08. The SMILES string of the molecule is Cc1cc(C)c2c(c1)OC/C(=C/Sc1ccccc1)CCC2. The Morgan fingerprint density at radius 1 is 1.05 bits per heavy atom. The minimum absolute atomic E-state index is 0.704. The van der Waals surface area contributed by atoms with Crippen molar-refractivity contribution in [3.8, 4) is 5.75 Å². The Labute approximate surface area is 137 Å². The van der Waals surface area contributed by atoms with E-state index < -0.39 is 0 Å². The highest BCUT2D eigenvalue weighted by molar-refractivity contribution is 8.02. The molecular weight excluding hydrogens is 288 g/mol. The molecule has 1 nitrogen and oxygen atoms in total. The predicted molar refractivity (Wildman–Crippen MR) is 94.7 cm³/mol. The van der Waals surface area contributed by atoms with Gasteiger partial charge < -0.3 is 4.74 Å². The van der Waals surface area contributed by atoms with Crippen LogP contribution in [0.15, 0.2) is 58.3 Å². The molecule has 0 atom stereocenters. The third-order valence-corrected chi connectivity index (χ3v) is 5.01. The van der Waals surface area contributed by atoms with Crippen LogP contribution in [0.2, 0.25) is 0 Å². The summed E-state index contributed by atoms with van der Waals surface area (Å²) in [4.78, 5) is 1.28. The fraction of sp³-hybridized carbons (Fsp3) is 0.300. The topological polar surface area (TPSA) is 9.23 Å². The quantitative estimate of drug-likeness (QED) is 0.658. The second-order valence-electron chi connectivity index (χ2n) is 5.91. The van der Waals surface area contributed by atoms with Crippen LogP contribution in [-0.2, 0) is 6.42 Å². The first kappa shape index (κ1) is 15.2. The molecule has 2 heteroatoms. The molecule has 0 saturated carbocycles. The van der Waals surface area contributed by atoms with Crippen molar-refractivity contribution in [1.82, 2.24) is 0 Å². The van der Waals surface area contributed by atoms with Crippen LogP contribution in [0.1, 0.15) is 29.5 Å². The van der Waals surface area contributed by atoms with E-state index in [1.807, 2.05) is 0 Å². The molecule has 1 aliphatic heterocycles. The number of hydrogen-bond donors (Lipinski definition) is 0. The molecule has 0 amide bonds. The van der Waals surface area contributed by atoms with Gasteiger partial charge in [-0.15, -0.1) is 0 Å². The zero-order valence-corrected chi connectivity index (χ0v) is 14.1. The lowest BCUT2D eigenvalue weighted by molar-refractivity contribution is 0.336. The lowest BCUT2D eigenvalue weighted by Crippen LogP contribution is -2.08. The van der Waals surface area contributed by atoms with Crippen molar-refractivity contribution in [2.24, 2.45) is 0 Å². The number of aryl methyl sites for hydroxylation is 2. The first-order valence-corrected chi connectivity index (χ1v) is 8.73. The maximum absolute atomic E-state index is 6.11. The Balaban J connectivity index is 1.73. The maximum Gasteiger partial charge on any atom is 0.123 e. The molecule has 2 aromatic rings. The molecule has 0 fully saturated rings. The number of hydrogen-bond acceptors (Lipinski definition) is 2. The number of rotatable bonds is 2. The lowest BCUT2D eigenvalue weighted by Gasteiger charge is -2.19. The van der Waals surface area contributed by atoms with Gasteiger partial charge in [-0.1, -0.05) is 36.0 Å². The van der Waals surface area contributed by atoms with E-state index in [-0.39, 0.29) is 0 Å². The molecule has 0 bridgehead atoms. The smallest absolute Gasteiger partial charge is 0.123 e. The molecule has 0 unspecified atom stereocenters. The highest BCUT2D eigenvalue weighted by Crippen LogP contribution is 2.30. The van der Waals surface area contributed by atoms with Crippen molar-refractivity contribution in [1.29, 1.82) is 0 Å². The fourth-order valence-electron chi connectivity index (χ4n) is 2.89. The molecule has 0 N–H and O–H groups in total. The average molecular weight is 310 g/mol. The van der Waals surface area contributed by atoms with E-state index in [0.717, 1.165) is 18.6 Å². The van der Waals surface area contributed by atoms with E-state index in [1.54, 1.807) is 11.8 Å². The molecule has 1 aliphatic rings. The average Bonchev–Trinajstić information content (AvgIpc) is 2.49. The van der Waals surface area contributed by atoms with Gasteiger partial charge in [0.2, 0.25) is 0 Å². The molecular formula is C20H22OS. The van der Waals surface area contributed by atoms with Gasteiger partial charge in [0, 0.05) is 4.90 Å². The lowest BCUT2D eigenvalue weighted by atomic mass is 9.97. The van der Waals surface area contributed by atoms with Gasteiger partial charge in [0.25, 0.3) is 0 Å². The normalized spacial score (nSPS) is 16.5. The summed E-state index contributed by atoms with van der Waals surface area (Å²) in [6, 6.07) is 14.9. The van der Waals surface area contributed by atoms with Crippen LogP contribution in [0.4, 0.5) is 0 Å². The van der Waals surface area contributed by atoms with E-state index in [4.69, 9.17) is 4.74 Å². The van der Waals surface area contributed by atoms with Crippen LogP contribution < -0.4 is 4.74 Å². The van der Waals surface area contributed by atoms with Crippen molar-refractivity contribution in [3.05, 3.63) is 70.1 Å². The molecule has 3 rings (SSSR count). The van der Waals surface area contributed by atoms with Crippen molar-refractivity contribution >= 4 is 11.8 Å². The molecule has 0 aliphatic carbocycles. The Morgan fingerprint density at radius 3 is 2.68 bits per heavy atom. The maximum atomic E-state index is 6.11. The first-order chi connectivity index (χ1) is 10.7. The number of thioether (sulfide) groups is 1. The van der Waals surface area contributed by atoms with Crippen LogP contribution in [0.25, 0.3) is 0 Å². The van der Waals surface area contributed by atoms with Gasteiger partial charge in [-0.05, 0) is 79.0 Å². The predicted octanol–water partition coefficient (Wildman–Crippen LogP) is 5.69. The minimum Gasteiger partial charge on any atom is -0.489 e. The van der Waals surface area contributed by atoms with Gasteiger partial charge in [-0.3, -0.25) is 0 Å². The van der Waals surface area contributed by atoms with Crippen LogP contribution in [0.5, 0.6) is 5.75 Å². The Kier molecular flexibility index (Phi) is 4.89. The van der Waals surface area contributed by atoms with E-state index in [2.05, 4.69) is 61.7 Å². The highest BCUT2D eigenvalue weighted by atomic mass is 32.2. The molecule has 22 heavy (non-hydrogen) atoms.